The van der Waals surface area contributed by atoms with E-state index in [1.165, 1.54) is 0 Å². The van der Waals surface area contributed by atoms with Crippen LogP contribution in [0.3, 0.4) is 0 Å². The van der Waals surface area contributed by atoms with Crippen LogP contribution in [0.15, 0.2) is 18.2 Å². The van der Waals surface area contributed by atoms with Crippen molar-refractivity contribution in [3.63, 3.8) is 0 Å². The van der Waals surface area contributed by atoms with Crippen molar-refractivity contribution in [3.05, 3.63) is 33.8 Å². The van der Waals surface area contributed by atoms with Crippen molar-refractivity contribution in [2.24, 2.45) is 5.92 Å². The zero-order chi connectivity index (χ0) is 13.7. The van der Waals surface area contributed by atoms with Crippen LogP contribution in [0.2, 0.25) is 10.0 Å². The Morgan fingerprint density at radius 1 is 1.42 bits per heavy atom. The lowest BCUT2D eigenvalue weighted by Crippen LogP contribution is -2.41. The zero-order valence-corrected chi connectivity index (χ0v) is 12.2. The van der Waals surface area contributed by atoms with Crippen molar-refractivity contribution in [2.75, 3.05) is 19.6 Å². The minimum absolute atomic E-state index is 0.106. The summed E-state index contributed by atoms with van der Waals surface area (Å²) >= 11 is 11.9. The number of benzene rings is 1. The quantitative estimate of drug-likeness (QED) is 0.897. The van der Waals surface area contributed by atoms with Crippen LogP contribution in [-0.4, -0.2) is 25.5 Å². The minimum Gasteiger partial charge on any atom is -0.355 e. The summed E-state index contributed by atoms with van der Waals surface area (Å²) in [5, 5.41) is 7.50. The molecule has 0 aliphatic carbocycles. The summed E-state index contributed by atoms with van der Waals surface area (Å²) in [4.78, 5) is 11.9. The molecule has 0 aromatic heterocycles. The summed E-state index contributed by atoms with van der Waals surface area (Å²) in [6, 6.07) is 5.44. The Kier molecular flexibility index (Phi) is 5.49. The number of amides is 1. The molecule has 1 saturated heterocycles. The maximum atomic E-state index is 11.9. The Balaban J connectivity index is 1.78. The van der Waals surface area contributed by atoms with Crippen LogP contribution in [0.5, 0.6) is 0 Å². The van der Waals surface area contributed by atoms with E-state index in [1.54, 1.807) is 6.07 Å². The topological polar surface area (TPSA) is 41.1 Å². The number of halogens is 2. The van der Waals surface area contributed by atoms with E-state index in [2.05, 4.69) is 10.6 Å². The van der Waals surface area contributed by atoms with Crippen molar-refractivity contribution in [2.45, 2.75) is 19.3 Å². The number of rotatable bonds is 4. The Hall–Kier alpha value is -0.770. The van der Waals surface area contributed by atoms with Gasteiger partial charge in [0.05, 0.1) is 5.92 Å². The molecule has 0 spiro atoms. The molecule has 0 radical (unpaired) electrons. The maximum absolute atomic E-state index is 11.9. The number of carbonyl (C=O) groups is 1. The van der Waals surface area contributed by atoms with Gasteiger partial charge in [-0.1, -0.05) is 29.3 Å². The Morgan fingerprint density at radius 3 is 2.95 bits per heavy atom. The summed E-state index contributed by atoms with van der Waals surface area (Å²) in [5.41, 5.74) is 1.01. The van der Waals surface area contributed by atoms with Gasteiger partial charge in [0.25, 0.3) is 0 Å². The van der Waals surface area contributed by atoms with Gasteiger partial charge in [-0.05, 0) is 43.5 Å². The lowest BCUT2D eigenvalue weighted by atomic mass is 9.99. The molecule has 1 fully saturated rings. The number of hydrogen-bond donors (Lipinski definition) is 2. The summed E-state index contributed by atoms with van der Waals surface area (Å²) < 4.78 is 0. The van der Waals surface area contributed by atoms with Crippen molar-refractivity contribution in [1.82, 2.24) is 10.6 Å². The van der Waals surface area contributed by atoms with Gasteiger partial charge in [-0.2, -0.15) is 0 Å². The van der Waals surface area contributed by atoms with Crippen molar-refractivity contribution in [1.29, 1.82) is 0 Å². The lowest BCUT2D eigenvalue weighted by molar-refractivity contribution is -0.125. The highest BCUT2D eigenvalue weighted by atomic mass is 35.5. The second kappa shape index (κ2) is 7.13. The van der Waals surface area contributed by atoms with Crippen molar-refractivity contribution >= 4 is 29.1 Å². The molecule has 1 aliphatic heterocycles. The molecule has 1 aromatic rings. The van der Waals surface area contributed by atoms with Crippen LogP contribution in [-0.2, 0) is 11.2 Å². The van der Waals surface area contributed by atoms with Crippen LogP contribution >= 0.6 is 23.2 Å². The maximum Gasteiger partial charge on any atom is 0.224 e. The highest BCUT2D eigenvalue weighted by Gasteiger charge is 2.20. The molecule has 19 heavy (non-hydrogen) atoms. The van der Waals surface area contributed by atoms with E-state index in [0.717, 1.165) is 37.9 Å². The monoisotopic (exact) mass is 300 g/mol. The van der Waals surface area contributed by atoms with E-state index in [0.29, 0.717) is 16.6 Å². The van der Waals surface area contributed by atoms with Crippen LogP contribution in [0.4, 0.5) is 0 Å². The molecule has 2 rings (SSSR count). The first-order valence-electron chi connectivity index (χ1n) is 6.59. The third-order valence-electron chi connectivity index (χ3n) is 3.38. The van der Waals surface area contributed by atoms with Gasteiger partial charge in [-0.15, -0.1) is 0 Å². The number of carbonyl (C=O) groups excluding carboxylic acids is 1. The number of hydrogen-bond acceptors (Lipinski definition) is 2. The number of piperidine rings is 1. The molecule has 0 bridgehead atoms. The van der Waals surface area contributed by atoms with Gasteiger partial charge >= 0.3 is 0 Å². The first-order chi connectivity index (χ1) is 9.16. The van der Waals surface area contributed by atoms with Crippen LogP contribution in [0.25, 0.3) is 0 Å². The fourth-order valence-electron chi connectivity index (χ4n) is 2.26. The Bertz CT molecular complexity index is 445. The van der Waals surface area contributed by atoms with E-state index in [1.807, 2.05) is 12.1 Å². The molecular formula is C14H18Cl2N2O. The summed E-state index contributed by atoms with van der Waals surface area (Å²) in [6.07, 6.45) is 2.77. The Labute approximate surface area is 123 Å². The van der Waals surface area contributed by atoms with Gasteiger partial charge in [-0.3, -0.25) is 4.79 Å². The smallest absolute Gasteiger partial charge is 0.224 e. The fraction of sp³-hybridized carbons (Fsp3) is 0.500. The first kappa shape index (κ1) is 14.6. The molecule has 0 unspecified atom stereocenters. The van der Waals surface area contributed by atoms with E-state index >= 15 is 0 Å². The van der Waals surface area contributed by atoms with E-state index < -0.39 is 0 Å². The minimum atomic E-state index is 0.106. The van der Waals surface area contributed by atoms with Crippen LogP contribution < -0.4 is 10.6 Å². The second-order valence-corrected chi connectivity index (χ2v) is 5.66. The van der Waals surface area contributed by atoms with Gasteiger partial charge in [-0.25, -0.2) is 0 Å². The molecule has 1 atom stereocenters. The molecule has 5 heteroatoms. The van der Waals surface area contributed by atoms with Crippen LogP contribution in [0, 0.1) is 5.92 Å². The zero-order valence-electron chi connectivity index (χ0n) is 10.7. The van der Waals surface area contributed by atoms with Gasteiger partial charge in [0, 0.05) is 23.1 Å². The molecule has 2 N–H and O–H groups in total. The molecule has 1 amide bonds. The number of nitrogens with one attached hydrogen (secondary N) is 2. The largest absolute Gasteiger partial charge is 0.355 e. The van der Waals surface area contributed by atoms with Crippen LogP contribution in [0.1, 0.15) is 18.4 Å². The first-order valence-corrected chi connectivity index (χ1v) is 7.35. The van der Waals surface area contributed by atoms with Gasteiger partial charge in [0.1, 0.15) is 0 Å². The molecular weight excluding hydrogens is 283 g/mol. The van der Waals surface area contributed by atoms with Gasteiger partial charge in [0.2, 0.25) is 5.91 Å². The summed E-state index contributed by atoms with van der Waals surface area (Å²) in [6.45, 7) is 2.41. The summed E-state index contributed by atoms with van der Waals surface area (Å²) in [7, 11) is 0. The summed E-state index contributed by atoms with van der Waals surface area (Å²) in [5.74, 6) is 0.242. The lowest BCUT2D eigenvalue weighted by Gasteiger charge is -2.21. The van der Waals surface area contributed by atoms with Crippen molar-refractivity contribution in [3.8, 4) is 0 Å². The molecule has 1 heterocycles. The molecule has 3 nitrogen and oxygen atoms in total. The molecule has 104 valence electrons. The average Bonchev–Trinajstić information content (AvgIpc) is 2.42. The third kappa shape index (κ3) is 4.37. The Morgan fingerprint density at radius 2 is 2.26 bits per heavy atom. The second-order valence-electron chi connectivity index (χ2n) is 4.82. The third-order valence-corrected chi connectivity index (χ3v) is 3.96. The van der Waals surface area contributed by atoms with E-state index in [4.69, 9.17) is 23.2 Å². The van der Waals surface area contributed by atoms with E-state index in [-0.39, 0.29) is 11.8 Å². The molecule has 1 aliphatic rings. The fourth-order valence-corrected chi connectivity index (χ4v) is 2.77. The molecule has 0 saturated carbocycles. The predicted molar refractivity (Wildman–Crippen MR) is 78.8 cm³/mol. The molecule has 1 aromatic carbocycles. The standard InChI is InChI=1S/C14H18Cl2N2O/c15-12-4-3-10(13(16)8-12)5-7-18-14(19)11-2-1-6-17-9-11/h3-4,8,11,17H,1-2,5-7,9H2,(H,18,19)/t11-/m0/s1. The van der Waals surface area contributed by atoms with Gasteiger partial charge < -0.3 is 10.6 Å². The normalized spacial score (nSPS) is 19.2. The SMILES string of the molecule is O=C(NCCc1ccc(Cl)cc1Cl)[C@H]1CCCNC1. The highest BCUT2D eigenvalue weighted by molar-refractivity contribution is 6.35. The predicted octanol–water partition coefficient (Wildman–Crippen LogP) is 2.65. The average molecular weight is 301 g/mol. The van der Waals surface area contributed by atoms with E-state index in [9.17, 15) is 4.79 Å². The highest BCUT2D eigenvalue weighted by Crippen LogP contribution is 2.21. The van der Waals surface area contributed by atoms with Gasteiger partial charge in [0.15, 0.2) is 0 Å². The van der Waals surface area contributed by atoms with Crippen molar-refractivity contribution < 1.29 is 4.79 Å².